The predicted molar refractivity (Wildman–Crippen MR) is 81.1 cm³/mol. The molecule has 2 aliphatic carbocycles. The lowest BCUT2D eigenvalue weighted by Gasteiger charge is -2.32. The van der Waals surface area contributed by atoms with Gasteiger partial charge < -0.3 is 5.11 Å². The van der Waals surface area contributed by atoms with Crippen LogP contribution in [0.1, 0.15) is 57.8 Å². The molecule has 3 rings (SSSR count). The van der Waals surface area contributed by atoms with E-state index in [0.717, 1.165) is 12.3 Å². The minimum absolute atomic E-state index is 0.0814. The predicted octanol–water partition coefficient (Wildman–Crippen LogP) is 2.73. The largest absolute Gasteiger partial charge is 0.393 e. The Kier molecular flexibility index (Phi) is 4.83. The van der Waals surface area contributed by atoms with Gasteiger partial charge in [0.15, 0.2) is 0 Å². The third-order valence-corrected chi connectivity index (χ3v) is 6.31. The molecule has 1 saturated heterocycles. The fourth-order valence-corrected chi connectivity index (χ4v) is 5.14. The van der Waals surface area contributed by atoms with Crippen molar-refractivity contribution in [2.75, 3.05) is 0 Å². The van der Waals surface area contributed by atoms with E-state index in [4.69, 9.17) is 0 Å². The number of hydrazine groups is 1. The summed E-state index contributed by atoms with van der Waals surface area (Å²) in [5.41, 5.74) is 7.03. The Morgan fingerprint density at radius 1 is 0.842 bits per heavy atom. The molecule has 2 saturated carbocycles. The lowest BCUT2D eigenvalue weighted by molar-refractivity contribution is 0.0506. The molecular formula is C15H27BrN2O. The van der Waals surface area contributed by atoms with E-state index >= 15 is 0 Å². The van der Waals surface area contributed by atoms with Crippen LogP contribution < -0.4 is 10.9 Å². The average Bonchev–Trinajstić information content (AvgIpc) is 2.89. The normalized spacial score (nSPS) is 48.3. The zero-order valence-corrected chi connectivity index (χ0v) is 13.2. The lowest BCUT2D eigenvalue weighted by Crippen LogP contribution is -2.43. The number of alkyl halides is 1. The summed E-state index contributed by atoms with van der Waals surface area (Å²) in [6.45, 7) is 0. The van der Waals surface area contributed by atoms with Gasteiger partial charge in [-0.05, 0) is 44.4 Å². The van der Waals surface area contributed by atoms with Crippen LogP contribution in [0.4, 0.5) is 0 Å². The highest BCUT2D eigenvalue weighted by Gasteiger charge is 2.38. The summed E-state index contributed by atoms with van der Waals surface area (Å²) in [7, 11) is 0. The van der Waals surface area contributed by atoms with E-state index in [-0.39, 0.29) is 6.10 Å². The minimum Gasteiger partial charge on any atom is -0.393 e. The zero-order valence-electron chi connectivity index (χ0n) is 11.7. The molecule has 3 N–H and O–H groups in total. The highest BCUT2D eigenvalue weighted by Crippen LogP contribution is 2.36. The zero-order chi connectivity index (χ0) is 13.2. The third-order valence-electron chi connectivity index (χ3n) is 5.48. The average molecular weight is 331 g/mol. The van der Waals surface area contributed by atoms with Crippen LogP contribution in [0.5, 0.6) is 0 Å². The van der Waals surface area contributed by atoms with Gasteiger partial charge in [-0.25, -0.2) is 0 Å². The minimum atomic E-state index is -0.0814. The Morgan fingerprint density at radius 3 is 2.42 bits per heavy atom. The molecule has 6 atom stereocenters. The summed E-state index contributed by atoms with van der Waals surface area (Å²) in [6.07, 6.45) is 11.2. The topological polar surface area (TPSA) is 44.3 Å². The Morgan fingerprint density at radius 2 is 1.63 bits per heavy atom. The van der Waals surface area contributed by atoms with Crippen LogP contribution in [0.2, 0.25) is 0 Å². The Balaban J connectivity index is 1.54. The van der Waals surface area contributed by atoms with Gasteiger partial charge in [-0.3, -0.25) is 10.9 Å². The Bertz CT molecular complexity index is 302. The fraction of sp³-hybridized carbons (Fsp3) is 1.00. The van der Waals surface area contributed by atoms with Gasteiger partial charge in [0.1, 0.15) is 0 Å². The van der Waals surface area contributed by atoms with Crippen molar-refractivity contribution in [3.63, 3.8) is 0 Å². The van der Waals surface area contributed by atoms with E-state index in [1.807, 2.05) is 0 Å². The Labute approximate surface area is 125 Å². The highest BCUT2D eigenvalue weighted by molar-refractivity contribution is 9.09. The molecule has 0 radical (unpaired) electrons. The van der Waals surface area contributed by atoms with Gasteiger partial charge in [0.05, 0.1) is 6.10 Å². The molecule has 0 aromatic rings. The molecule has 0 bridgehead atoms. The van der Waals surface area contributed by atoms with E-state index in [2.05, 4.69) is 26.8 Å². The first-order valence-electron chi connectivity index (χ1n) is 8.07. The summed E-state index contributed by atoms with van der Waals surface area (Å²) in [5, 5.41) is 10.2. The van der Waals surface area contributed by atoms with Crippen molar-refractivity contribution >= 4 is 15.9 Å². The van der Waals surface area contributed by atoms with Gasteiger partial charge in [0, 0.05) is 22.8 Å². The molecule has 4 heteroatoms. The number of aliphatic hydroxyl groups is 1. The molecule has 0 aromatic carbocycles. The second-order valence-electron chi connectivity index (χ2n) is 6.78. The third kappa shape index (κ3) is 3.34. The number of halogens is 1. The van der Waals surface area contributed by atoms with Crippen molar-refractivity contribution in [1.82, 2.24) is 10.9 Å². The summed E-state index contributed by atoms with van der Waals surface area (Å²) in [5.74, 6) is 1.27. The first-order valence-corrected chi connectivity index (χ1v) is 8.99. The number of rotatable bonds is 2. The van der Waals surface area contributed by atoms with Gasteiger partial charge in [0.2, 0.25) is 0 Å². The maximum Gasteiger partial charge on any atom is 0.0583 e. The van der Waals surface area contributed by atoms with Crippen LogP contribution in [0.25, 0.3) is 0 Å². The number of hydrogen-bond acceptors (Lipinski definition) is 3. The molecule has 6 unspecified atom stereocenters. The summed E-state index contributed by atoms with van der Waals surface area (Å²) in [6, 6.07) is 1.09. The van der Waals surface area contributed by atoms with Crippen molar-refractivity contribution in [3.05, 3.63) is 0 Å². The molecule has 110 valence electrons. The van der Waals surface area contributed by atoms with Gasteiger partial charge in [-0.15, -0.1) is 0 Å². The lowest BCUT2D eigenvalue weighted by atomic mass is 9.77. The van der Waals surface area contributed by atoms with E-state index in [0.29, 0.717) is 22.8 Å². The van der Waals surface area contributed by atoms with Gasteiger partial charge >= 0.3 is 0 Å². The molecule has 1 aliphatic heterocycles. The van der Waals surface area contributed by atoms with Crippen molar-refractivity contribution in [1.29, 1.82) is 0 Å². The maximum absolute atomic E-state index is 10.2. The standard InChI is InChI=1S/C15H27BrN2O/c16-11-5-3-4-10(8-11)13-9-14(18-17-13)12-6-1-2-7-15(12)19/h10-15,17-19H,1-9H2. The van der Waals surface area contributed by atoms with E-state index < -0.39 is 0 Å². The molecule has 0 spiro atoms. The molecule has 0 aromatic heterocycles. The fourth-order valence-electron chi connectivity index (χ4n) is 4.34. The molecule has 3 nitrogen and oxygen atoms in total. The quantitative estimate of drug-likeness (QED) is 0.682. The van der Waals surface area contributed by atoms with E-state index in [1.54, 1.807) is 0 Å². The van der Waals surface area contributed by atoms with Crippen molar-refractivity contribution < 1.29 is 5.11 Å². The summed E-state index contributed by atoms with van der Waals surface area (Å²) >= 11 is 3.79. The monoisotopic (exact) mass is 330 g/mol. The van der Waals surface area contributed by atoms with E-state index in [1.165, 1.54) is 51.4 Å². The van der Waals surface area contributed by atoms with Crippen molar-refractivity contribution in [2.24, 2.45) is 11.8 Å². The van der Waals surface area contributed by atoms with Crippen LogP contribution >= 0.6 is 15.9 Å². The van der Waals surface area contributed by atoms with Crippen LogP contribution in [0.3, 0.4) is 0 Å². The first-order chi connectivity index (χ1) is 9.24. The number of nitrogens with one attached hydrogen (secondary N) is 2. The number of hydrogen-bond donors (Lipinski definition) is 3. The Hall–Kier alpha value is 0.360. The van der Waals surface area contributed by atoms with Crippen LogP contribution in [-0.4, -0.2) is 28.1 Å². The highest BCUT2D eigenvalue weighted by atomic mass is 79.9. The van der Waals surface area contributed by atoms with E-state index in [9.17, 15) is 5.11 Å². The maximum atomic E-state index is 10.2. The van der Waals surface area contributed by atoms with Gasteiger partial charge in [-0.2, -0.15) is 0 Å². The SMILES string of the molecule is OC1CCCCC1C1CC(C2CCCC(Br)C2)NN1. The van der Waals surface area contributed by atoms with Crippen LogP contribution in [0.15, 0.2) is 0 Å². The smallest absolute Gasteiger partial charge is 0.0583 e. The summed E-state index contributed by atoms with van der Waals surface area (Å²) < 4.78 is 0. The van der Waals surface area contributed by atoms with Gasteiger partial charge in [0.25, 0.3) is 0 Å². The first kappa shape index (κ1) is 14.3. The molecule has 3 fully saturated rings. The van der Waals surface area contributed by atoms with Gasteiger partial charge in [-0.1, -0.05) is 35.2 Å². The second-order valence-corrected chi connectivity index (χ2v) is 8.07. The van der Waals surface area contributed by atoms with Crippen molar-refractivity contribution in [3.8, 4) is 0 Å². The molecule has 19 heavy (non-hydrogen) atoms. The number of aliphatic hydroxyl groups excluding tert-OH is 1. The summed E-state index contributed by atoms with van der Waals surface area (Å²) in [4.78, 5) is 0.715. The molecular weight excluding hydrogens is 304 g/mol. The molecule has 0 amide bonds. The van der Waals surface area contributed by atoms with Crippen LogP contribution in [-0.2, 0) is 0 Å². The molecule has 3 aliphatic rings. The second kappa shape index (κ2) is 6.42. The van der Waals surface area contributed by atoms with Crippen molar-refractivity contribution in [2.45, 2.75) is 80.8 Å². The van der Waals surface area contributed by atoms with Crippen LogP contribution in [0, 0.1) is 11.8 Å². The molecule has 1 heterocycles.